The van der Waals surface area contributed by atoms with E-state index in [1.807, 2.05) is 18.4 Å². The van der Waals surface area contributed by atoms with Gasteiger partial charge in [0.1, 0.15) is 12.7 Å². The molecule has 8 heteroatoms. The van der Waals surface area contributed by atoms with Crippen molar-refractivity contribution in [3.8, 4) is 0 Å². The van der Waals surface area contributed by atoms with Gasteiger partial charge in [-0.1, -0.05) is 18.2 Å². The molecule has 2 atom stereocenters. The van der Waals surface area contributed by atoms with Crippen LogP contribution in [0.1, 0.15) is 28.3 Å². The molecule has 0 bridgehead atoms. The molecule has 1 aromatic heterocycles. The minimum atomic E-state index is -0.895. The molecular weight excluding hydrogens is 380 g/mol. The Bertz CT molecular complexity index is 778. The highest BCUT2D eigenvalue weighted by molar-refractivity contribution is 7.12. The number of hydrogen-bond donors (Lipinski definition) is 2. The first-order valence-corrected chi connectivity index (χ1v) is 10.1. The number of carbonyl (C=O) groups excluding carboxylic acids is 2. The average Bonchev–Trinajstić information content (AvgIpc) is 3.24. The number of rotatable bonds is 8. The highest BCUT2D eigenvalue weighted by Gasteiger charge is 2.34. The molecule has 28 heavy (non-hydrogen) atoms. The van der Waals surface area contributed by atoms with Crippen LogP contribution in [0.4, 0.5) is 5.69 Å². The lowest BCUT2D eigenvalue weighted by atomic mass is 10.00. The summed E-state index contributed by atoms with van der Waals surface area (Å²) in [4.78, 5) is 26.6. The van der Waals surface area contributed by atoms with Crippen LogP contribution >= 0.6 is 11.3 Å². The number of hydrogen-bond acceptors (Lipinski definition) is 6. The van der Waals surface area contributed by atoms with Crippen LogP contribution in [0.25, 0.3) is 0 Å². The molecule has 0 spiro atoms. The van der Waals surface area contributed by atoms with Gasteiger partial charge in [-0.15, -0.1) is 11.3 Å². The number of ether oxygens (including phenoxy) is 2. The first-order valence-electron chi connectivity index (χ1n) is 9.18. The maximum Gasteiger partial charge on any atom is 0.265 e. The van der Waals surface area contributed by atoms with Crippen molar-refractivity contribution in [2.24, 2.45) is 0 Å². The fourth-order valence-corrected chi connectivity index (χ4v) is 3.69. The maximum atomic E-state index is 12.2. The van der Waals surface area contributed by atoms with Gasteiger partial charge >= 0.3 is 0 Å². The van der Waals surface area contributed by atoms with Gasteiger partial charge in [0.2, 0.25) is 5.91 Å². The summed E-state index contributed by atoms with van der Waals surface area (Å²) in [6.45, 7) is 3.57. The van der Waals surface area contributed by atoms with Gasteiger partial charge in [0.25, 0.3) is 5.91 Å². The first-order chi connectivity index (χ1) is 13.6. The van der Waals surface area contributed by atoms with E-state index in [0.29, 0.717) is 35.9 Å². The van der Waals surface area contributed by atoms with Crippen molar-refractivity contribution in [1.82, 2.24) is 4.90 Å². The summed E-state index contributed by atoms with van der Waals surface area (Å²) in [6, 6.07) is 10.1. The summed E-state index contributed by atoms with van der Waals surface area (Å²) in [6.07, 6.45) is -0.895. The number of morpholine rings is 1. The molecule has 0 unspecified atom stereocenters. The predicted octanol–water partition coefficient (Wildman–Crippen LogP) is 2.30. The average molecular weight is 404 g/mol. The van der Waals surface area contributed by atoms with Crippen molar-refractivity contribution in [3.63, 3.8) is 0 Å². The first kappa shape index (κ1) is 20.5. The monoisotopic (exact) mass is 404 g/mol. The van der Waals surface area contributed by atoms with E-state index >= 15 is 0 Å². The number of nitrogens with zero attached hydrogens (tertiary/aromatic N) is 1. The van der Waals surface area contributed by atoms with Crippen LogP contribution in [0.15, 0.2) is 41.8 Å². The summed E-state index contributed by atoms with van der Waals surface area (Å²) >= 11 is 1.37. The van der Waals surface area contributed by atoms with E-state index in [1.165, 1.54) is 11.3 Å². The highest BCUT2D eigenvalue weighted by atomic mass is 32.1. The van der Waals surface area contributed by atoms with Crippen LogP contribution in [0.5, 0.6) is 0 Å². The smallest absolute Gasteiger partial charge is 0.265 e. The zero-order valence-corrected chi connectivity index (χ0v) is 16.5. The van der Waals surface area contributed by atoms with Gasteiger partial charge in [-0.25, -0.2) is 0 Å². The molecule has 1 aliphatic heterocycles. The van der Waals surface area contributed by atoms with E-state index in [-0.39, 0.29) is 25.0 Å². The zero-order chi connectivity index (χ0) is 19.9. The van der Waals surface area contributed by atoms with Crippen molar-refractivity contribution in [3.05, 3.63) is 52.2 Å². The van der Waals surface area contributed by atoms with Crippen molar-refractivity contribution >= 4 is 28.8 Å². The molecule has 2 heterocycles. The third kappa shape index (κ3) is 4.96. The Morgan fingerprint density at radius 1 is 1.39 bits per heavy atom. The summed E-state index contributed by atoms with van der Waals surface area (Å²) < 4.78 is 10.7. The van der Waals surface area contributed by atoms with Crippen LogP contribution in [0, 0.1) is 0 Å². The Kier molecular flexibility index (Phi) is 7.16. The minimum Gasteiger partial charge on any atom is -0.386 e. The fraction of sp³-hybridized carbons (Fsp3) is 0.400. The second-order valence-corrected chi connectivity index (χ2v) is 7.31. The van der Waals surface area contributed by atoms with E-state index in [0.717, 1.165) is 0 Å². The van der Waals surface area contributed by atoms with Crippen molar-refractivity contribution < 1.29 is 24.2 Å². The van der Waals surface area contributed by atoms with Crippen molar-refractivity contribution in [2.75, 3.05) is 38.3 Å². The van der Waals surface area contributed by atoms with Gasteiger partial charge in [0, 0.05) is 18.8 Å². The summed E-state index contributed by atoms with van der Waals surface area (Å²) in [7, 11) is 0. The van der Waals surface area contributed by atoms with Crippen molar-refractivity contribution in [1.29, 1.82) is 0 Å². The Hall–Kier alpha value is -2.26. The molecule has 0 radical (unpaired) electrons. The number of thiophene rings is 1. The molecule has 2 aromatic rings. The molecule has 3 rings (SSSR count). The number of anilines is 1. The predicted molar refractivity (Wildman–Crippen MR) is 106 cm³/mol. The van der Waals surface area contributed by atoms with E-state index < -0.39 is 12.1 Å². The second-order valence-electron chi connectivity index (χ2n) is 6.36. The number of nitrogens with one attached hydrogen (secondary N) is 1. The molecule has 7 nitrogen and oxygen atoms in total. The summed E-state index contributed by atoms with van der Waals surface area (Å²) in [5.74, 6) is -0.327. The van der Waals surface area contributed by atoms with Crippen LogP contribution in [0.3, 0.4) is 0 Å². The van der Waals surface area contributed by atoms with E-state index in [1.54, 1.807) is 35.2 Å². The molecule has 0 aliphatic carbocycles. The third-order valence-electron chi connectivity index (χ3n) is 4.53. The van der Waals surface area contributed by atoms with Gasteiger partial charge in [0.15, 0.2) is 0 Å². The minimum absolute atomic E-state index is 0.0169. The lowest BCUT2D eigenvalue weighted by Crippen LogP contribution is -2.53. The fourth-order valence-electron chi connectivity index (χ4n) is 3.07. The van der Waals surface area contributed by atoms with Gasteiger partial charge in [-0.3, -0.25) is 9.59 Å². The van der Waals surface area contributed by atoms with Gasteiger partial charge in [-0.2, -0.15) is 0 Å². The quantitative estimate of drug-likeness (QED) is 0.659. The molecule has 1 aliphatic rings. The van der Waals surface area contributed by atoms with Gasteiger partial charge in [-0.05, 0) is 36.1 Å². The SMILES string of the molecule is CCOCCN1C(=O)COC[C@@H]1[C@H](O)c1ccc(NC(=O)c2cccs2)cc1. The Balaban J connectivity index is 1.66. The topological polar surface area (TPSA) is 88.1 Å². The largest absolute Gasteiger partial charge is 0.386 e. The third-order valence-corrected chi connectivity index (χ3v) is 5.40. The van der Waals surface area contributed by atoms with Crippen LogP contribution < -0.4 is 5.32 Å². The van der Waals surface area contributed by atoms with Gasteiger partial charge in [0.05, 0.1) is 24.1 Å². The molecule has 2 amide bonds. The normalized spacial score (nSPS) is 18.1. The Labute approximate surface area is 167 Å². The van der Waals surface area contributed by atoms with Crippen LogP contribution in [0.2, 0.25) is 0 Å². The lowest BCUT2D eigenvalue weighted by molar-refractivity contribution is -0.155. The molecule has 0 saturated carbocycles. The standard InChI is InChI=1S/C20H24N2O5S/c1-2-26-10-9-22-16(12-27-13-18(22)23)19(24)14-5-7-15(8-6-14)21-20(25)17-4-3-11-28-17/h3-8,11,16,19,24H,2,9-10,12-13H2,1H3,(H,21,25)/t16-,19-/m1/s1. The number of aliphatic hydroxyl groups excluding tert-OH is 1. The van der Waals surface area contributed by atoms with E-state index in [2.05, 4.69) is 5.32 Å². The number of carbonyl (C=O) groups is 2. The van der Waals surface area contributed by atoms with E-state index in [9.17, 15) is 14.7 Å². The zero-order valence-electron chi connectivity index (χ0n) is 15.7. The summed E-state index contributed by atoms with van der Waals surface area (Å²) in [5.41, 5.74) is 1.29. The van der Waals surface area contributed by atoms with Crippen LogP contribution in [-0.4, -0.2) is 60.8 Å². The molecule has 1 saturated heterocycles. The Morgan fingerprint density at radius 2 is 2.18 bits per heavy atom. The molecule has 150 valence electrons. The van der Waals surface area contributed by atoms with E-state index in [4.69, 9.17) is 9.47 Å². The molecule has 1 aromatic carbocycles. The molecular formula is C20H24N2O5S. The lowest BCUT2D eigenvalue weighted by Gasteiger charge is -2.38. The highest BCUT2D eigenvalue weighted by Crippen LogP contribution is 2.25. The number of aliphatic hydroxyl groups is 1. The number of amides is 2. The second kappa shape index (κ2) is 9.79. The van der Waals surface area contributed by atoms with Crippen LogP contribution in [-0.2, 0) is 14.3 Å². The summed E-state index contributed by atoms with van der Waals surface area (Å²) in [5, 5.41) is 15.5. The van der Waals surface area contributed by atoms with Gasteiger partial charge < -0.3 is 24.8 Å². The molecule has 2 N–H and O–H groups in total. The van der Waals surface area contributed by atoms with Crippen molar-refractivity contribution in [2.45, 2.75) is 19.1 Å². The maximum absolute atomic E-state index is 12.2. The number of benzene rings is 1. The molecule has 1 fully saturated rings. The Morgan fingerprint density at radius 3 is 2.86 bits per heavy atom.